The Morgan fingerprint density at radius 3 is 2.25 bits per heavy atom. The second-order valence-electron chi connectivity index (χ2n) is 7.08. The molecule has 28 heavy (non-hydrogen) atoms. The number of nitrogens with two attached hydrogens (primary N) is 1. The van der Waals surface area contributed by atoms with E-state index in [-0.39, 0.29) is 0 Å². The van der Waals surface area contributed by atoms with E-state index in [0.29, 0.717) is 0 Å². The van der Waals surface area contributed by atoms with Crippen LogP contribution in [0.1, 0.15) is 18.4 Å². The maximum atomic E-state index is 5.72. The first kappa shape index (κ1) is 18.3. The summed E-state index contributed by atoms with van der Waals surface area (Å²) in [5.41, 5.74) is 13.1. The summed E-state index contributed by atoms with van der Waals surface area (Å²) >= 11 is 0. The smallest absolute Gasteiger partial charge is 0.119 e. The van der Waals surface area contributed by atoms with Gasteiger partial charge in [0.25, 0.3) is 0 Å². The van der Waals surface area contributed by atoms with E-state index in [1.54, 1.807) is 7.11 Å². The van der Waals surface area contributed by atoms with Crippen LogP contribution in [0.25, 0.3) is 33.3 Å². The average Bonchev–Trinajstić information content (AvgIpc) is 3.12. The molecule has 3 N–H and O–H groups in total. The van der Waals surface area contributed by atoms with Crippen LogP contribution in [0.4, 0.5) is 0 Å². The molecule has 0 aliphatic heterocycles. The van der Waals surface area contributed by atoms with Crippen molar-refractivity contribution in [1.82, 2.24) is 4.98 Å². The Balaban J connectivity index is 1.75. The van der Waals surface area contributed by atoms with Crippen molar-refractivity contribution in [2.45, 2.75) is 19.3 Å². The predicted octanol–water partition coefficient (Wildman–Crippen LogP) is 5.79. The van der Waals surface area contributed by atoms with Crippen molar-refractivity contribution in [1.29, 1.82) is 0 Å². The molecule has 0 atom stereocenters. The number of hydrogen-bond acceptors (Lipinski definition) is 2. The van der Waals surface area contributed by atoms with Gasteiger partial charge < -0.3 is 15.5 Å². The highest BCUT2D eigenvalue weighted by Gasteiger charge is 2.14. The molecule has 0 fully saturated rings. The molecule has 1 heterocycles. The minimum atomic E-state index is 0.729. The van der Waals surface area contributed by atoms with E-state index >= 15 is 0 Å². The van der Waals surface area contributed by atoms with Gasteiger partial charge in [0.05, 0.1) is 7.11 Å². The van der Waals surface area contributed by atoms with Crippen LogP contribution in [0.5, 0.6) is 5.75 Å². The molecule has 0 bridgehead atoms. The van der Waals surface area contributed by atoms with Crippen molar-refractivity contribution in [3.63, 3.8) is 0 Å². The molecule has 0 unspecified atom stereocenters. The molecule has 3 heteroatoms. The highest BCUT2D eigenvalue weighted by molar-refractivity contribution is 5.92. The van der Waals surface area contributed by atoms with Gasteiger partial charge in [-0.25, -0.2) is 0 Å². The van der Waals surface area contributed by atoms with Gasteiger partial charge in [-0.3, -0.25) is 0 Å². The number of hydrogen-bond donors (Lipinski definition) is 2. The van der Waals surface area contributed by atoms with Crippen molar-refractivity contribution >= 4 is 10.9 Å². The molecule has 0 saturated carbocycles. The maximum Gasteiger partial charge on any atom is 0.119 e. The van der Waals surface area contributed by atoms with E-state index in [4.69, 9.17) is 10.5 Å². The lowest BCUT2D eigenvalue weighted by Gasteiger charge is -2.07. The Morgan fingerprint density at radius 1 is 0.821 bits per heavy atom. The summed E-state index contributed by atoms with van der Waals surface area (Å²) in [7, 11) is 1.71. The number of fused-ring (bicyclic) bond motifs is 1. The van der Waals surface area contributed by atoms with Crippen molar-refractivity contribution in [3.8, 4) is 28.1 Å². The fraction of sp³-hybridized carbons (Fsp3) is 0.200. The summed E-state index contributed by atoms with van der Waals surface area (Å²) in [5.74, 6) is 0.887. The van der Waals surface area contributed by atoms with Crippen molar-refractivity contribution in [2.75, 3.05) is 13.7 Å². The molecule has 3 aromatic carbocycles. The highest BCUT2D eigenvalue weighted by atomic mass is 16.5. The maximum absolute atomic E-state index is 5.72. The average molecular weight is 370 g/mol. The normalized spacial score (nSPS) is 11.1. The molecule has 142 valence electrons. The molecule has 1 aromatic heterocycles. The quantitative estimate of drug-likeness (QED) is 0.404. The van der Waals surface area contributed by atoms with Crippen LogP contribution in [0, 0.1) is 0 Å². The highest BCUT2D eigenvalue weighted by Crippen LogP contribution is 2.34. The van der Waals surface area contributed by atoms with Gasteiger partial charge in [0.15, 0.2) is 0 Å². The van der Waals surface area contributed by atoms with Gasteiger partial charge in [0, 0.05) is 16.6 Å². The molecular weight excluding hydrogens is 344 g/mol. The third-order valence-electron chi connectivity index (χ3n) is 5.27. The van der Waals surface area contributed by atoms with E-state index in [1.807, 2.05) is 12.1 Å². The number of aromatic amines is 1. The number of H-pyrrole nitrogens is 1. The predicted molar refractivity (Wildman–Crippen MR) is 118 cm³/mol. The van der Waals surface area contributed by atoms with Crippen molar-refractivity contribution in [2.24, 2.45) is 5.73 Å². The summed E-state index contributed by atoms with van der Waals surface area (Å²) in [5, 5.41) is 1.23. The standard InChI is InChI=1S/C25H26N2O/c1-28-21-14-15-24-23(17-21)22(9-5-6-16-26)25(27-24)20-12-10-19(11-13-20)18-7-3-2-4-8-18/h2-4,7-8,10-15,17,27H,5-6,9,16,26H2,1H3. The van der Waals surface area contributed by atoms with Gasteiger partial charge in [0.1, 0.15) is 5.75 Å². The third kappa shape index (κ3) is 3.67. The van der Waals surface area contributed by atoms with Gasteiger partial charge in [-0.05, 0) is 66.3 Å². The Labute approximate surface area is 166 Å². The topological polar surface area (TPSA) is 51.0 Å². The number of ether oxygens (including phenoxy) is 1. The molecule has 0 radical (unpaired) electrons. The monoisotopic (exact) mass is 370 g/mol. The SMILES string of the molecule is COc1ccc2[nH]c(-c3ccc(-c4ccccc4)cc3)c(CCCCN)c2c1. The van der Waals surface area contributed by atoms with Crippen LogP contribution in [0.2, 0.25) is 0 Å². The number of aryl methyl sites for hydroxylation is 1. The largest absolute Gasteiger partial charge is 0.497 e. The number of unbranched alkanes of at least 4 members (excludes halogenated alkanes) is 1. The Bertz CT molecular complexity index is 1050. The molecule has 0 saturated heterocycles. The summed E-state index contributed by atoms with van der Waals surface area (Å²) in [4.78, 5) is 3.63. The lowest BCUT2D eigenvalue weighted by molar-refractivity contribution is 0.415. The fourth-order valence-corrected chi connectivity index (χ4v) is 3.77. The number of rotatable bonds is 7. The molecule has 3 nitrogen and oxygen atoms in total. The van der Waals surface area contributed by atoms with E-state index in [2.05, 4.69) is 65.6 Å². The second kappa shape index (κ2) is 8.32. The molecule has 0 aliphatic carbocycles. The molecule has 0 aliphatic rings. The summed E-state index contributed by atoms with van der Waals surface area (Å²) in [6.07, 6.45) is 3.11. The lowest BCUT2D eigenvalue weighted by atomic mass is 9.98. The summed E-state index contributed by atoms with van der Waals surface area (Å²) in [6, 6.07) is 25.5. The minimum absolute atomic E-state index is 0.729. The molecule has 4 aromatic rings. The Kier molecular flexibility index (Phi) is 5.45. The van der Waals surface area contributed by atoms with E-state index in [0.717, 1.165) is 37.1 Å². The van der Waals surface area contributed by atoms with Crippen LogP contribution >= 0.6 is 0 Å². The first-order valence-corrected chi connectivity index (χ1v) is 9.84. The zero-order valence-electron chi connectivity index (χ0n) is 16.2. The Hall–Kier alpha value is -3.04. The van der Waals surface area contributed by atoms with Crippen LogP contribution in [0.3, 0.4) is 0 Å². The zero-order valence-corrected chi connectivity index (χ0v) is 16.2. The number of benzene rings is 3. The second-order valence-corrected chi connectivity index (χ2v) is 7.08. The molecule has 0 amide bonds. The van der Waals surface area contributed by atoms with Crippen LogP contribution < -0.4 is 10.5 Å². The zero-order chi connectivity index (χ0) is 19.3. The van der Waals surface area contributed by atoms with E-state index in [1.165, 1.54) is 33.3 Å². The van der Waals surface area contributed by atoms with Crippen LogP contribution in [-0.2, 0) is 6.42 Å². The van der Waals surface area contributed by atoms with Gasteiger partial charge in [-0.15, -0.1) is 0 Å². The van der Waals surface area contributed by atoms with Crippen LogP contribution in [0.15, 0.2) is 72.8 Å². The van der Waals surface area contributed by atoms with Crippen LogP contribution in [-0.4, -0.2) is 18.6 Å². The van der Waals surface area contributed by atoms with E-state index in [9.17, 15) is 0 Å². The minimum Gasteiger partial charge on any atom is -0.497 e. The first-order chi connectivity index (χ1) is 13.8. The molecule has 0 spiro atoms. The molecule has 4 rings (SSSR count). The summed E-state index contributed by atoms with van der Waals surface area (Å²) < 4.78 is 5.45. The lowest BCUT2D eigenvalue weighted by Crippen LogP contribution is -1.99. The Morgan fingerprint density at radius 2 is 1.54 bits per heavy atom. The number of nitrogens with one attached hydrogen (secondary N) is 1. The van der Waals surface area contributed by atoms with Crippen molar-refractivity contribution < 1.29 is 4.74 Å². The number of methoxy groups -OCH3 is 1. The van der Waals surface area contributed by atoms with Gasteiger partial charge in [0.2, 0.25) is 0 Å². The fourth-order valence-electron chi connectivity index (χ4n) is 3.77. The van der Waals surface area contributed by atoms with Gasteiger partial charge in [-0.2, -0.15) is 0 Å². The van der Waals surface area contributed by atoms with E-state index < -0.39 is 0 Å². The van der Waals surface area contributed by atoms with Crippen molar-refractivity contribution in [3.05, 3.63) is 78.4 Å². The first-order valence-electron chi connectivity index (χ1n) is 9.84. The van der Waals surface area contributed by atoms with Gasteiger partial charge in [-0.1, -0.05) is 54.6 Å². The third-order valence-corrected chi connectivity index (χ3v) is 5.27. The van der Waals surface area contributed by atoms with Gasteiger partial charge >= 0.3 is 0 Å². The molecular formula is C25H26N2O. The number of aromatic nitrogens is 1. The summed E-state index contributed by atoms with van der Waals surface area (Å²) in [6.45, 7) is 0.729.